The molecule has 0 aliphatic heterocycles. The third-order valence-corrected chi connectivity index (χ3v) is 3.89. The quantitative estimate of drug-likeness (QED) is 0.885. The van der Waals surface area contributed by atoms with Crippen molar-refractivity contribution in [3.05, 3.63) is 44.9 Å². The number of hydrogen-bond donors (Lipinski definition) is 1. The van der Waals surface area contributed by atoms with Gasteiger partial charge in [0, 0.05) is 10.6 Å². The SMILES string of the molecule is Cc1ccc(NCc2sc(C)nc2C)c(C)c1. The molecule has 90 valence electrons. The van der Waals surface area contributed by atoms with Crippen molar-refractivity contribution in [2.75, 3.05) is 5.32 Å². The minimum Gasteiger partial charge on any atom is -0.380 e. The van der Waals surface area contributed by atoms with Gasteiger partial charge in [-0.1, -0.05) is 17.7 Å². The summed E-state index contributed by atoms with van der Waals surface area (Å²) in [4.78, 5) is 5.76. The number of anilines is 1. The first-order valence-corrected chi connectivity index (χ1v) is 6.62. The van der Waals surface area contributed by atoms with Crippen LogP contribution in [0.1, 0.15) is 26.7 Å². The predicted octanol–water partition coefficient (Wildman–Crippen LogP) is 3.99. The van der Waals surface area contributed by atoms with Gasteiger partial charge < -0.3 is 5.32 Å². The van der Waals surface area contributed by atoms with Crippen molar-refractivity contribution >= 4 is 17.0 Å². The number of thiazole rings is 1. The van der Waals surface area contributed by atoms with Gasteiger partial charge in [0.2, 0.25) is 0 Å². The van der Waals surface area contributed by atoms with E-state index in [2.05, 4.69) is 56.2 Å². The average molecular weight is 246 g/mol. The fraction of sp³-hybridized carbons (Fsp3) is 0.357. The van der Waals surface area contributed by atoms with Crippen LogP contribution in [0.25, 0.3) is 0 Å². The summed E-state index contributed by atoms with van der Waals surface area (Å²) in [5.74, 6) is 0. The van der Waals surface area contributed by atoms with E-state index in [1.54, 1.807) is 11.3 Å². The summed E-state index contributed by atoms with van der Waals surface area (Å²) in [6.45, 7) is 9.25. The van der Waals surface area contributed by atoms with E-state index in [1.165, 1.54) is 21.7 Å². The van der Waals surface area contributed by atoms with Crippen LogP contribution in [0.4, 0.5) is 5.69 Å². The van der Waals surface area contributed by atoms with Crippen LogP contribution in [0, 0.1) is 27.7 Å². The molecular weight excluding hydrogens is 228 g/mol. The minimum atomic E-state index is 0.862. The molecule has 0 aliphatic carbocycles. The lowest BCUT2D eigenvalue weighted by atomic mass is 10.1. The van der Waals surface area contributed by atoms with Gasteiger partial charge in [0.05, 0.1) is 17.2 Å². The second kappa shape index (κ2) is 4.88. The van der Waals surface area contributed by atoms with Crippen molar-refractivity contribution in [2.45, 2.75) is 34.2 Å². The summed E-state index contributed by atoms with van der Waals surface area (Å²) in [6, 6.07) is 6.49. The number of nitrogens with one attached hydrogen (secondary N) is 1. The summed E-state index contributed by atoms with van der Waals surface area (Å²) < 4.78 is 0. The van der Waals surface area contributed by atoms with E-state index in [0.717, 1.165) is 17.2 Å². The molecule has 0 amide bonds. The molecule has 17 heavy (non-hydrogen) atoms. The zero-order valence-electron chi connectivity index (χ0n) is 10.8. The van der Waals surface area contributed by atoms with Crippen LogP contribution in [-0.4, -0.2) is 4.98 Å². The summed E-state index contributed by atoms with van der Waals surface area (Å²) in [5.41, 5.74) is 4.95. The molecule has 0 fully saturated rings. The fourth-order valence-corrected chi connectivity index (χ4v) is 2.80. The van der Waals surface area contributed by atoms with Crippen molar-refractivity contribution in [1.82, 2.24) is 4.98 Å². The zero-order chi connectivity index (χ0) is 12.4. The van der Waals surface area contributed by atoms with Crippen LogP contribution in [0.5, 0.6) is 0 Å². The number of benzene rings is 1. The van der Waals surface area contributed by atoms with E-state index in [1.807, 2.05) is 0 Å². The molecule has 0 unspecified atom stereocenters. The molecule has 0 atom stereocenters. The first-order valence-electron chi connectivity index (χ1n) is 5.80. The van der Waals surface area contributed by atoms with Crippen LogP contribution in [0.3, 0.4) is 0 Å². The van der Waals surface area contributed by atoms with Crippen molar-refractivity contribution in [2.24, 2.45) is 0 Å². The molecule has 0 bridgehead atoms. The van der Waals surface area contributed by atoms with Gasteiger partial charge in [0.25, 0.3) is 0 Å². The first kappa shape index (κ1) is 12.1. The molecule has 0 aliphatic rings. The average Bonchev–Trinajstić information content (AvgIpc) is 2.56. The molecule has 2 nitrogen and oxygen atoms in total. The van der Waals surface area contributed by atoms with Gasteiger partial charge in [-0.3, -0.25) is 0 Å². The highest BCUT2D eigenvalue weighted by Crippen LogP contribution is 2.21. The Bertz CT molecular complexity index is 529. The highest BCUT2D eigenvalue weighted by Gasteiger charge is 2.05. The van der Waals surface area contributed by atoms with Gasteiger partial charge in [0.15, 0.2) is 0 Å². The van der Waals surface area contributed by atoms with Crippen molar-refractivity contribution < 1.29 is 0 Å². The van der Waals surface area contributed by atoms with Crippen molar-refractivity contribution in [1.29, 1.82) is 0 Å². The number of rotatable bonds is 3. The van der Waals surface area contributed by atoms with Crippen LogP contribution >= 0.6 is 11.3 Å². The van der Waals surface area contributed by atoms with Gasteiger partial charge in [-0.15, -0.1) is 11.3 Å². The Balaban J connectivity index is 2.10. The zero-order valence-corrected chi connectivity index (χ0v) is 11.6. The first-order chi connectivity index (χ1) is 8.06. The van der Waals surface area contributed by atoms with Crippen LogP contribution in [0.2, 0.25) is 0 Å². The Hall–Kier alpha value is -1.35. The normalized spacial score (nSPS) is 10.6. The van der Waals surface area contributed by atoms with E-state index < -0.39 is 0 Å². The second-order valence-corrected chi connectivity index (χ2v) is 5.70. The third-order valence-electron chi connectivity index (χ3n) is 2.82. The largest absolute Gasteiger partial charge is 0.380 e. The van der Waals surface area contributed by atoms with Gasteiger partial charge in [-0.05, 0) is 39.3 Å². The molecule has 0 saturated carbocycles. The third kappa shape index (κ3) is 2.86. The summed E-state index contributed by atoms with van der Waals surface area (Å²) in [7, 11) is 0. The molecule has 1 aromatic heterocycles. The van der Waals surface area contributed by atoms with E-state index >= 15 is 0 Å². The number of hydrogen-bond acceptors (Lipinski definition) is 3. The molecule has 1 aromatic carbocycles. The molecule has 2 aromatic rings. The second-order valence-electron chi connectivity index (χ2n) is 4.41. The molecular formula is C14H18N2S. The van der Waals surface area contributed by atoms with Gasteiger partial charge in [-0.2, -0.15) is 0 Å². The number of aromatic nitrogens is 1. The maximum Gasteiger partial charge on any atom is 0.0900 e. The predicted molar refractivity (Wildman–Crippen MR) is 74.8 cm³/mol. The molecule has 0 spiro atoms. The summed E-state index contributed by atoms with van der Waals surface area (Å²) in [6.07, 6.45) is 0. The van der Waals surface area contributed by atoms with Crippen molar-refractivity contribution in [3.63, 3.8) is 0 Å². The topological polar surface area (TPSA) is 24.9 Å². The summed E-state index contributed by atoms with van der Waals surface area (Å²) >= 11 is 1.77. The number of nitrogens with zero attached hydrogens (tertiary/aromatic N) is 1. The van der Waals surface area contributed by atoms with E-state index in [9.17, 15) is 0 Å². The molecule has 0 radical (unpaired) electrons. The fourth-order valence-electron chi connectivity index (χ4n) is 1.92. The Kier molecular flexibility index (Phi) is 3.48. The molecule has 2 rings (SSSR count). The smallest absolute Gasteiger partial charge is 0.0900 e. The maximum absolute atomic E-state index is 4.44. The Labute approximate surface area is 107 Å². The standard InChI is InChI=1S/C14H18N2S/c1-9-5-6-13(10(2)7-9)15-8-14-11(3)16-12(4)17-14/h5-7,15H,8H2,1-4H3. The summed E-state index contributed by atoms with van der Waals surface area (Å²) in [5, 5.41) is 4.62. The van der Waals surface area contributed by atoms with E-state index in [0.29, 0.717) is 0 Å². The Morgan fingerprint density at radius 3 is 2.53 bits per heavy atom. The molecule has 3 heteroatoms. The lowest BCUT2D eigenvalue weighted by molar-refractivity contribution is 1.10. The van der Waals surface area contributed by atoms with Crippen molar-refractivity contribution in [3.8, 4) is 0 Å². The monoisotopic (exact) mass is 246 g/mol. The Morgan fingerprint density at radius 2 is 1.94 bits per heavy atom. The van der Waals surface area contributed by atoms with E-state index in [4.69, 9.17) is 0 Å². The molecule has 0 saturated heterocycles. The molecule has 1 heterocycles. The van der Waals surface area contributed by atoms with Gasteiger partial charge >= 0.3 is 0 Å². The minimum absolute atomic E-state index is 0.862. The maximum atomic E-state index is 4.44. The Morgan fingerprint density at radius 1 is 1.18 bits per heavy atom. The molecule has 1 N–H and O–H groups in total. The highest BCUT2D eigenvalue weighted by atomic mass is 32.1. The van der Waals surface area contributed by atoms with Gasteiger partial charge in [-0.25, -0.2) is 4.98 Å². The lowest BCUT2D eigenvalue weighted by Gasteiger charge is -2.09. The number of aryl methyl sites for hydroxylation is 4. The van der Waals surface area contributed by atoms with Crippen LogP contribution < -0.4 is 5.32 Å². The lowest BCUT2D eigenvalue weighted by Crippen LogP contribution is -2.00. The van der Waals surface area contributed by atoms with Crippen LogP contribution in [-0.2, 0) is 6.54 Å². The van der Waals surface area contributed by atoms with Gasteiger partial charge in [0.1, 0.15) is 0 Å². The van der Waals surface area contributed by atoms with E-state index in [-0.39, 0.29) is 0 Å². The highest BCUT2D eigenvalue weighted by molar-refractivity contribution is 7.11. The van der Waals surface area contributed by atoms with Crippen LogP contribution in [0.15, 0.2) is 18.2 Å².